The van der Waals surface area contributed by atoms with Crippen LogP contribution in [0.4, 0.5) is 5.69 Å². The summed E-state index contributed by atoms with van der Waals surface area (Å²) >= 11 is 5.90. The van der Waals surface area contributed by atoms with E-state index in [1.54, 1.807) is 38.1 Å². The lowest BCUT2D eigenvalue weighted by atomic mass is 10.1. The summed E-state index contributed by atoms with van der Waals surface area (Å²) in [4.78, 5) is 17.4. The lowest BCUT2D eigenvalue weighted by molar-refractivity contribution is -0.128. The molecule has 0 saturated carbocycles. The van der Waals surface area contributed by atoms with Crippen molar-refractivity contribution in [2.75, 3.05) is 5.32 Å². The molecule has 0 spiro atoms. The van der Waals surface area contributed by atoms with E-state index in [2.05, 4.69) is 10.3 Å². The van der Waals surface area contributed by atoms with E-state index in [1.165, 1.54) is 5.56 Å². The summed E-state index contributed by atoms with van der Waals surface area (Å²) in [5, 5.41) is 3.53. The molecule has 5 nitrogen and oxygen atoms in total. The first-order valence-electron chi connectivity index (χ1n) is 9.62. The summed E-state index contributed by atoms with van der Waals surface area (Å²) in [6.45, 7) is 5.50. The van der Waals surface area contributed by atoms with Crippen LogP contribution in [0.15, 0.2) is 73.1 Å². The maximum absolute atomic E-state index is 12.7. The van der Waals surface area contributed by atoms with Crippen LogP contribution in [0, 0.1) is 6.92 Å². The molecule has 2 aromatic carbocycles. The standard InChI is InChI=1S/C24H22ClN3O2/c1-16-12-13-28-15-21(27-22(28)14-16)17-4-8-19(9-5-17)26-23(29)24(2,3)30-20-10-6-18(25)7-11-20/h4-15H,1-3H3,(H,26,29). The van der Waals surface area contributed by atoms with E-state index in [1.807, 2.05) is 60.1 Å². The van der Waals surface area contributed by atoms with Gasteiger partial charge < -0.3 is 14.5 Å². The quantitative estimate of drug-likeness (QED) is 0.447. The smallest absolute Gasteiger partial charge is 0.267 e. The number of rotatable bonds is 5. The zero-order valence-electron chi connectivity index (χ0n) is 17.0. The third-order valence-corrected chi connectivity index (χ3v) is 5.04. The number of benzene rings is 2. The van der Waals surface area contributed by atoms with E-state index >= 15 is 0 Å². The van der Waals surface area contributed by atoms with Crippen LogP contribution in [0.5, 0.6) is 5.75 Å². The van der Waals surface area contributed by atoms with Crippen molar-refractivity contribution in [2.24, 2.45) is 0 Å². The number of pyridine rings is 1. The minimum atomic E-state index is -1.05. The van der Waals surface area contributed by atoms with Crippen LogP contribution in [-0.2, 0) is 4.79 Å². The number of amides is 1. The molecule has 0 saturated heterocycles. The summed E-state index contributed by atoms with van der Waals surface area (Å²) in [6.07, 6.45) is 3.99. The number of aryl methyl sites for hydroxylation is 1. The lowest BCUT2D eigenvalue weighted by Gasteiger charge is -2.25. The summed E-state index contributed by atoms with van der Waals surface area (Å²) in [5.41, 5.74) is 3.57. The lowest BCUT2D eigenvalue weighted by Crippen LogP contribution is -2.42. The Morgan fingerprint density at radius 1 is 1.07 bits per heavy atom. The highest BCUT2D eigenvalue weighted by molar-refractivity contribution is 6.30. The van der Waals surface area contributed by atoms with Crippen molar-refractivity contribution in [3.05, 3.63) is 83.6 Å². The van der Waals surface area contributed by atoms with Gasteiger partial charge in [0.1, 0.15) is 11.4 Å². The van der Waals surface area contributed by atoms with Gasteiger partial charge in [0.05, 0.1) is 5.69 Å². The molecule has 0 bridgehead atoms. The molecule has 6 heteroatoms. The van der Waals surface area contributed by atoms with Crippen molar-refractivity contribution >= 4 is 28.8 Å². The Bertz CT molecular complexity index is 1200. The monoisotopic (exact) mass is 419 g/mol. The summed E-state index contributed by atoms with van der Waals surface area (Å²) < 4.78 is 7.84. The van der Waals surface area contributed by atoms with Gasteiger partial charge in [0.15, 0.2) is 5.60 Å². The molecule has 30 heavy (non-hydrogen) atoms. The predicted molar refractivity (Wildman–Crippen MR) is 120 cm³/mol. The molecule has 2 heterocycles. The molecule has 1 N–H and O–H groups in total. The highest BCUT2D eigenvalue weighted by Crippen LogP contribution is 2.24. The fourth-order valence-corrected chi connectivity index (χ4v) is 3.20. The average Bonchev–Trinajstić information content (AvgIpc) is 3.13. The molecule has 0 radical (unpaired) electrons. The van der Waals surface area contributed by atoms with Gasteiger partial charge in [-0.3, -0.25) is 4.79 Å². The third kappa shape index (κ3) is 4.31. The minimum Gasteiger partial charge on any atom is -0.478 e. The van der Waals surface area contributed by atoms with E-state index in [9.17, 15) is 4.79 Å². The number of fused-ring (bicyclic) bond motifs is 1. The molecule has 2 aromatic heterocycles. The first-order valence-corrected chi connectivity index (χ1v) is 10.00. The van der Waals surface area contributed by atoms with Gasteiger partial charge in [-0.2, -0.15) is 0 Å². The second kappa shape index (κ2) is 7.84. The Labute approximate surface area is 180 Å². The number of hydrogen-bond donors (Lipinski definition) is 1. The number of ether oxygens (including phenoxy) is 1. The second-order valence-corrected chi connectivity index (χ2v) is 8.13. The topological polar surface area (TPSA) is 55.6 Å². The number of halogens is 1. The fraction of sp³-hybridized carbons (Fsp3) is 0.167. The first-order chi connectivity index (χ1) is 14.3. The van der Waals surface area contributed by atoms with Crippen molar-refractivity contribution in [1.82, 2.24) is 9.38 Å². The van der Waals surface area contributed by atoms with E-state index in [-0.39, 0.29) is 5.91 Å². The van der Waals surface area contributed by atoms with Gasteiger partial charge in [-0.1, -0.05) is 23.7 Å². The molecule has 4 aromatic rings. The number of carbonyl (C=O) groups is 1. The normalized spacial score (nSPS) is 11.5. The van der Waals surface area contributed by atoms with Gasteiger partial charge in [0.25, 0.3) is 5.91 Å². The Morgan fingerprint density at radius 2 is 1.77 bits per heavy atom. The molecule has 0 unspecified atom stereocenters. The Kier molecular flexibility index (Phi) is 5.22. The molecule has 4 rings (SSSR count). The molecule has 0 atom stereocenters. The maximum atomic E-state index is 12.7. The summed E-state index contributed by atoms with van der Waals surface area (Å²) in [7, 11) is 0. The molecular weight excluding hydrogens is 398 g/mol. The number of aromatic nitrogens is 2. The van der Waals surface area contributed by atoms with Gasteiger partial charge in [-0.05, 0) is 74.9 Å². The molecule has 1 amide bonds. The largest absolute Gasteiger partial charge is 0.478 e. The molecule has 0 aliphatic rings. The van der Waals surface area contributed by atoms with Crippen molar-refractivity contribution in [3.8, 4) is 17.0 Å². The SMILES string of the molecule is Cc1ccn2cc(-c3ccc(NC(=O)C(C)(C)Oc4ccc(Cl)cc4)cc3)nc2c1. The van der Waals surface area contributed by atoms with E-state index in [4.69, 9.17) is 16.3 Å². The van der Waals surface area contributed by atoms with Crippen LogP contribution in [-0.4, -0.2) is 20.9 Å². The van der Waals surface area contributed by atoms with Gasteiger partial charge in [-0.25, -0.2) is 4.98 Å². The Morgan fingerprint density at radius 3 is 2.47 bits per heavy atom. The van der Waals surface area contributed by atoms with Crippen LogP contribution in [0.3, 0.4) is 0 Å². The highest BCUT2D eigenvalue weighted by atomic mass is 35.5. The van der Waals surface area contributed by atoms with Crippen molar-refractivity contribution in [2.45, 2.75) is 26.4 Å². The number of nitrogens with zero attached hydrogens (tertiary/aromatic N) is 2. The van der Waals surface area contributed by atoms with E-state index < -0.39 is 5.60 Å². The van der Waals surface area contributed by atoms with Gasteiger partial charge >= 0.3 is 0 Å². The number of imidazole rings is 1. The average molecular weight is 420 g/mol. The van der Waals surface area contributed by atoms with Crippen LogP contribution >= 0.6 is 11.6 Å². The van der Waals surface area contributed by atoms with E-state index in [0.29, 0.717) is 16.5 Å². The maximum Gasteiger partial charge on any atom is 0.267 e. The van der Waals surface area contributed by atoms with E-state index in [0.717, 1.165) is 16.9 Å². The Balaban J connectivity index is 1.46. The number of carbonyl (C=O) groups excluding carboxylic acids is 1. The van der Waals surface area contributed by atoms with Crippen molar-refractivity contribution < 1.29 is 9.53 Å². The molecular formula is C24H22ClN3O2. The van der Waals surface area contributed by atoms with Gasteiger partial charge in [0.2, 0.25) is 0 Å². The first kappa shape index (κ1) is 20.0. The van der Waals surface area contributed by atoms with Crippen molar-refractivity contribution in [3.63, 3.8) is 0 Å². The van der Waals surface area contributed by atoms with Crippen LogP contribution in [0.1, 0.15) is 19.4 Å². The number of hydrogen-bond acceptors (Lipinski definition) is 3. The van der Waals surface area contributed by atoms with Gasteiger partial charge in [0, 0.05) is 28.7 Å². The van der Waals surface area contributed by atoms with Crippen LogP contribution in [0.25, 0.3) is 16.9 Å². The highest BCUT2D eigenvalue weighted by Gasteiger charge is 2.30. The zero-order valence-corrected chi connectivity index (χ0v) is 17.8. The van der Waals surface area contributed by atoms with Crippen LogP contribution < -0.4 is 10.1 Å². The Hall–Kier alpha value is -3.31. The molecule has 0 fully saturated rings. The predicted octanol–water partition coefficient (Wildman–Crippen LogP) is 5.76. The van der Waals surface area contributed by atoms with Gasteiger partial charge in [-0.15, -0.1) is 0 Å². The molecule has 0 aliphatic heterocycles. The number of anilines is 1. The molecule has 0 aliphatic carbocycles. The van der Waals surface area contributed by atoms with Crippen LogP contribution in [0.2, 0.25) is 5.02 Å². The third-order valence-electron chi connectivity index (χ3n) is 4.79. The summed E-state index contributed by atoms with van der Waals surface area (Å²) in [5.74, 6) is 0.338. The fourth-order valence-electron chi connectivity index (χ4n) is 3.07. The molecule has 152 valence electrons. The second-order valence-electron chi connectivity index (χ2n) is 7.69. The minimum absolute atomic E-state index is 0.242. The summed E-state index contributed by atoms with van der Waals surface area (Å²) in [6, 6.07) is 18.6. The van der Waals surface area contributed by atoms with Crippen molar-refractivity contribution in [1.29, 1.82) is 0 Å². The zero-order chi connectivity index (χ0) is 21.3. The number of nitrogens with one attached hydrogen (secondary N) is 1.